The van der Waals surface area contributed by atoms with Crippen molar-refractivity contribution in [2.75, 3.05) is 13.2 Å². The molecule has 0 unspecified atom stereocenters. The molecular weight excluding hydrogens is 412 g/mol. The summed E-state index contributed by atoms with van der Waals surface area (Å²) < 4.78 is 16.7. The van der Waals surface area contributed by atoms with Gasteiger partial charge in [0.1, 0.15) is 23.9 Å². The molecule has 0 aromatic heterocycles. The van der Waals surface area contributed by atoms with Crippen LogP contribution < -0.4 is 14.2 Å². The van der Waals surface area contributed by atoms with Gasteiger partial charge in [0, 0.05) is 0 Å². The summed E-state index contributed by atoms with van der Waals surface area (Å²) in [4.78, 5) is 12.3. The van der Waals surface area contributed by atoms with Gasteiger partial charge in [-0.2, -0.15) is 0 Å². The van der Waals surface area contributed by atoms with E-state index in [1.54, 1.807) is 36.4 Å². The summed E-state index contributed by atoms with van der Waals surface area (Å²) in [6.07, 6.45) is 15.3. The predicted octanol–water partition coefficient (Wildman–Crippen LogP) is 7.63. The van der Waals surface area contributed by atoms with E-state index in [4.69, 9.17) is 14.2 Å². The van der Waals surface area contributed by atoms with Crippen LogP contribution in [0.4, 0.5) is 0 Å². The fraction of sp³-hybridized carbons (Fsp3) is 0.483. The molecule has 2 aromatic rings. The topological polar surface area (TPSA) is 44.8 Å². The van der Waals surface area contributed by atoms with Crippen molar-refractivity contribution in [1.29, 1.82) is 0 Å². The Hall–Kier alpha value is -2.75. The Kier molecular flexibility index (Phi) is 10.3. The first-order chi connectivity index (χ1) is 16.2. The highest BCUT2D eigenvalue weighted by atomic mass is 16.5. The second-order valence-electron chi connectivity index (χ2n) is 8.83. The SMILES string of the molecule is CCCCC[C@H]1CC[C@H](/C=C/COc2ccc(OC(=O)c3ccc(OCC)cc3)cc2)CC1. The second-order valence-corrected chi connectivity index (χ2v) is 8.83. The molecule has 1 aliphatic carbocycles. The van der Waals surface area contributed by atoms with Gasteiger partial charge < -0.3 is 14.2 Å². The van der Waals surface area contributed by atoms with Crippen molar-refractivity contribution >= 4 is 5.97 Å². The molecule has 1 fully saturated rings. The first-order valence-electron chi connectivity index (χ1n) is 12.5. The molecule has 178 valence electrons. The minimum absolute atomic E-state index is 0.394. The summed E-state index contributed by atoms with van der Waals surface area (Å²) >= 11 is 0. The lowest BCUT2D eigenvalue weighted by Gasteiger charge is -2.26. The predicted molar refractivity (Wildman–Crippen MR) is 133 cm³/mol. The Bertz CT molecular complexity index is 846. The molecule has 4 heteroatoms. The van der Waals surface area contributed by atoms with Crippen molar-refractivity contribution in [2.24, 2.45) is 11.8 Å². The van der Waals surface area contributed by atoms with Crippen LogP contribution in [0.25, 0.3) is 0 Å². The molecule has 1 saturated carbocycles. The molecule has 0 radical (unpaired) electrons. The number of hydrogen-bond acceptors (Lipinski definition) is 4. The van der Waals surface area contributed by atoms with E-state index in [0.717, 1.165) is 17.4 Å². The van der Waals surface area contributed by atoms with Crippen molar-refractivity contribution in [3.05, 3.63) is 66.2 Å². The Morgan fingerprint density at radius 3 is 2.15 bits per heavy atom. The van der Waals surface area contributed by atoms with Crippen molar-refractivity contribution in [1.82, 2.24) is 0 Å². The molecule has 0 heterocycles. The van der Waals surface area contributed by atoms with Gasteiger partial charge in [-0.1, -0.05) is 44.8 Å². The van der Waals surface area contributed by atoms with Gasteiger partial charge in [-0.05, 0) is 93.0 Å². The number of carbonyl (C=O) groups excluding carboxylic acids is 1. The maximum Gasteiger partial charge on any atom is 0.343 e. The Balaban J connectivity index is 1.36. The molecule has 0 atom stereocenters. The average Bonchev–Trinajstić information content (AvgIpc) is 2.84. The van der Waals surface area contributed by atoms with Gasteiger partial charge in [0.25, 0.3) is 0 Å². The summed E-state index contributed by atoms with van der Waals surface area (Å²) in [5.74, 6) is 3.24. The van der Waals surface area contributed by atoms with E-state index in [1.807, 2.05) is 19.1 Å². The van der Waals surface area contributed by atoms with Crippen LogP contribution in [-0.2, 0) is 0 Å². The summed E-state index contributed by atoms with van der Waals surface area (Å²) in [6, 6.07) is 14.1. The standard InChI is InChI=1S/C29H38O4/c1-3-5-6-8-23-10-12-24(13-11-23)9-7-22-32-27-18-20-28(21-19-27)33-29(30)25-14-16-26(17-15-25)31-4-2/h7,9,14-21,23-24H,3-6,8,10-13,22H2,1-2H3/b9-7+/t23-,24-. The molecule has 4 nitrogen and oxygen atoms in total. The zero-order valence-electron chi connectivity index (χ0n) is 20.1. The van der Waals surface area contributed by atoms with Gasteiger partial charge in [0.05, 0.1) is 12.2 Å². The lowest BCUT2D eigenvalue weighted by Crippen LogP contribution is -2.13. The molecule has 0 saturated heterocycles. The third kappa shape index (κ3) is 8.60. The van der Waals surface area contributed by atoms with Crippen molar-refractivity contribution in [3.8, 4) is 17.2 Å². The lowest BCUT2D eigenvalue weighted by molar-refractivity contribution is 0.0734. The highest BCUT2D eigenvalue weighted by Crippen LogP contribution is 2.32. The number of hydrogen-bond donors (Lipinski definition) is 0. The molecule has 3 rings (SSSR count). The number of unbranched alkanes of at least 4 members (excludes halogenated alkanes) is 2. The van der Waals surface area contributed by atoms with E-state index >= 15 is 0 Å². The third-order valence-electron chi connectivity index (χ3n) is 6.30. The number of ether oxygens (including phenoxy) is 3. The van der Waals surface area contributed by atoms with Crippen LogP contribution in [0, 0.1) is 11.8 Å². The molecule has 33 heavy (non-hydrogen) atoms. The first-order valence-corrected chi connectivity index (χ1v) is 12.5. The Labute approximate surface area is 198 Å². The maximum atomic E-state index is 12.3. The van der Waals surface area contributed by atoms with Gasteiger partial charge in [0.2, 0.25) is 0 Å². The number of esters is 1. The fourth-order valence-electron chi connectivity index (χ4n) is 4.37. The van der Waals surface area contributed by atoms with E-state index in [0.29, 0.717) is 30.4 Å². The van der Waals surface area contributed by atoms with Crippen LogP contribution in [0.5, 0.6) is 17.2 Å². The number of allylic oxidation sites excluding steroid dienone is 1. The molecule has 0 amide bonds. The minimum atomic E-state index is -0.394. The fourth-order valence-corrected chi connectivity index (χ4v) is 4.37. The van der Waals surface area contributed by atoms with E-state index in [9.17, 15) is 4.79 Å². The smallest absolute Gasteiger partial charge is 0.343 e. The average molecular weight is 451 g/mol. The zero-order chi connectivity index (χ0) is 23.3. The van der Waals surface area contributed by atoms with Gasteiger partial charge in [-0.15, -0.1) is 0 Å². The van der Waals surface area contributed by atoms with E-state index in [-0.39, 0.29) is 0 Å². The third-order valence-corrected chi connectivity index (χ3v) is 6.30. The highest BCUT2D eigenvalue weighted by molar-refractivity contribution is 5.91. The van der Waals surface area contributed by atoms with E-state index in [2.05, 4.69) is 19.1 Å². The van der Waals surface area contributed by atoms with Crippen LogP contribution in [0.2, 0.25) is 0 Å². The van der Waals surface area contributed by atoms with Crippen molar-refractivity contribution in [2.45, 2.75) is 65.2 Å². The lowest BCUT2D eigenvalue weighted by atomic mass is 9.79. The van der Waals surface area contributed by atoms with E-state index in [1.165, 1.54) is 51.4 Å². The van der Waals surface area contributed by atoms with E-state index < -0.39 is 5.97 Å². The Morgan fingerprint density at radius 2 is 1.48 bits per heavy atom. The van der Waals surface area contributed by atoms with Gasteiger partial charge in [-0.3, -0.25) is 0 Å². The maximum absolute atomic E-state index is 12.3. The summed E-state index contributed by atoms with van der Waals surface area (Å²) in [5.41, 5.74) is 0.485. The molecule has 2 aromatic carbocycles. The summed E-state index contributed by atoms with van der Waals surface area (Å²) in [7, 11) is 0. The number of carbonyl (C=O) groups is 1. The van der Waals surface area contributed by atoms with Crippen LogP contribution >= 0.6 is 0 Å². The van der Waals surface area contributed by atoms with Gasteiger partial charge >= 0.3 is 5.97 Å². The highest BCUT2D eigenvalue weighted by Gasteiger charge is 2.18. The Morgan fingerprint density at radius 1 is 0.848 bits per heavy atom. The van der Waals surface area contributed by atoms with Crippen LogP contribution in [-0.4, -0.2) is 19.2 Å². The normalized spacial score (nSPS) is 18.2. The summed E-state index contributed by atoms with van der Waals surface area (Å²) in [5, 5.41) is 0. The monoisotopic (exact) mass is 450 g/mol. The quantitative estimate of drug-likeness (QED) is 0.144. The molecule has 0 spiro atoms. The zero-order valence-corrected chi connectivity index (χ0v) is 20.1. The van der Waals surface area contributed by atoms with Crippen LogP contribution in [0.15, 0.2) is 60.7 Å². The van der Waals surface area contributed by atoms with Crippen molar-refractivity contribution in [3.63, 3.8) is 0 Å². The summed E-state index contributed by atoms with van der Waals surface area (Å²) in [6.45, 7) is 5.35. The number of rotatable bonds is 12. The number of benzene rings is 2. The van der Waals surface area contributed by atoms with Gasteiger partial charge in [-0.25, -0.2) is 4.79 Å². The van der Waals surface area contributed by atoms with Gasteiger partial charge in [0.15, 0.2) is 0 Å². The van der Waals surface area contributed by atoms with Crippen LogP contribution in [0.3, 0.4) is 0 Å². The van der Waals surface area contributed by atoms with Crippen molar-refractivity contribution < 1.29 is 19.0 Å². The molecule has 0 aliphatic heterocycles. The molecule has 0 bridgehead atoms. The van der Waals surface area contributed by atoms with Crippen LogP contribution in [0.1, 0.15) is 75.6 Å². The first kappa shape index (κ1) is 24.9. The second kappa shape index (κ2) is 13.7. The molecular formula is C29H38O4. The largest absolute Gasteiger partial charge is 0.494 e. The molecule has 0 N–H and O–H groups in total. The minimum Gasteiger partial charge on any atom is -0.494 e. The molecule has 1 aliphatic rings.